The van der Waals surface area contributed by atoms with Crippen LogP contribution in [0.25, 0.3) is 0 Å². The van der Waals surface area contributed by atoms with Gasteiger partial charge >= 0.3 is 12.1 Å². The molecule has 7 heteroatoms. The third kappa shape index (κ3) is 1.39. The van der Waals surface area contributed by atoms with Crippen LogP contribution in [-0.4, -0.2) is 16.1 Å². The van der Waals surface area contributed by atoms with Crippen molar-refractivity contribution in [1.29, 1.82) is 0 Å². The SMILES string of the molecule is O=C(O)c1ocnc1C(F)(F)F. The summed E-state index contributed by atoms with van der Waals surface area (Å²) < 4.78 is 39.6. The molecular formula is C5H2F3NO3. The summed E-state index contributed by atoms with van der Waals surface area (Å²) in [5.74, 6) is -2.98. The van der Waals surface area contributed by atoms with Crippen molar-refractivity contribution in [3.8, 4) is 0 Å². The van der Waals surface area contributed by atoms with Crippen molar-refractivity contribution in [1.82, 2.24) is 4.98 Å². The van der Waals surface area contributed by atoms with Crippen LogP contribution in [0.4, 0.5) is 13.2 Å². The quantitative estimate of drug-likeness (QED) is 0.710. The third-order valence-electron chi connectivity index (χ3n) is 1.03. The third-order valence-corrected chi connectivity index (χ3v) is 1.03. The van der Waals surface area contributed by atoms with Gasteiger partial charge in [-0.3, -0.25) is 0 Å². The van der Waals surface area contributed by atoms with Crippen molar-refractivity contribution in [2.75, 3.05) is 0 Å². The average Bonchev–Trinajstić information content (AvgIpc) is 2.30. The predicted octanol–water partition coefficient (Wildman–Crippen LogP) is 1.39. The predicted molar refractivity (Wildman–Crippen MR) is 28.5 cm³/mol. The maximum absolute atomic E-state index is 11.9. The summed E-state index contributed by atoms with van der Waals surface area (Å²) in [5, 5.41) is 8.18. The molecule has 1 heterocycles. The van der Waals surface area contributed by atoms with Crippen molar-refractivity contribution >= 4 is 5.97 Å². The Morgan fingerprint density at radius 1 is 1.58 bits per heavy atom. The van der Waals surface area contributed by atoms with Crippen LogP contribution < -0.4 is 0 Å². The van der Waals surface area contributed by atoms with Gasteiger partial charge in [0.2, 0.25) is 5.76 Å². The Bertz CT molecular complexity index is 303. The first-order valence-electron chi connectivity index (χ1n) is 2.67. The fourth-order valence-corrected chi connectivity index (χ4v) is 0.600. The number of aromatic nitrogens is 1. The summed E-state index contributed by atoms with van der Waals surface area (Å²) in [6, 6.07) is 0. The summed E-state index contributed by atoms with van der Waals surface area (Å²) in [6.45, 7) is 0. The van der Waals surface area contributed by atoms with Gasteiger partial charge in [0, 0.05) is 0 Å². The fraction of sp³-hybridized carbons (Fsp3) is 0.200. The number of carboxylic acid groups (broad SMARTS) is 1. The van der Waals surface area contributed by atoms with E-state index in [1.165, 1.54) is 0 Å². The molecule has 0 amide bonds. The highest BCUT2D eigenvalue weighted by molar-refractivity contribution is 5.85. The molecule has 0 aromatic carbocycles. The lowest BCUT2D eigenvalue weighted by molar-refractivity contribution is -0.141. The zero-order valence-electron chi connectivity index (χ0n) is 5.42. The molecule has 0 bridgehead atoms. The summed E-state index contributed by atoms with van der Waals surface area (Å²) in [7, 11) is 0. The Morgan fingerprint density at radius 2 is 2.17 bits per heavy atom. The van der Waals surface area contributed by atoms with Crippen LogP contribution in [0.3, 0.4) is 0 Å². The summed E-state index contributed by atoms with van der Waals surface area (Å²) in [5.41, 5.74) is -1.52. The van der Waals surface area contributed by atoms with E-state index in [2.05, 4.69) is 9.40 Å². The Hall–Kier alpha value is -1.53. The Kier molecular flexibility index (Phi) is 1.79. The van der Waals surface area contributed by atoms with Gasteiger partial charge in [-0.1, -0.05) is 0 Å². The first-order valence-corrected chi connectivity index (χ1v) is 2.67. The van der Waals surface area contributed by atoms with Crippen molar-refractivity contribution in [2.24, 2.45) is 0 Å². The van der Waals surface area contributed by atoms with Gasteiger partial charge < -0.3 is 9.52 Å². The molecule has 66 valence electrons. The van der Waals surface area contributed by atoms with Crippen molar-refractivity contribution in [3.63, 3.8) is 0 Å². The van der Waals surface area contributed by atoms with Gasteiger partial charge in [0.15, 0.2) is 12.1 Å². The molecule has 0 fully saturated rings. The van der Waals surface area contributed by atoms with Crippen molar-refractivity contribution in [2.45, 2.75) is 6.18 Å². The van der Waals surface area contributed by atoms with E-state index < -0.39 is 23.6 Å². The normalized spacial score (nSPS) is 11.6. The molecule has 0 atom stereocenters. The maximum Gasteiger partial charge on any atom is 0.437 e. The van der Waals surface area contributed by atoms with Crippen LogP contribution in [0, 0.1) is 0 Å². The summed E-state index contributed by atoms with van der Waals surface area (Å²) in [6.07, 6.45) is -4.35. The second-order valence-electron chi connectivity index (χ2n) is 1.83. The van der Waals surface area contributed by atoms with E-state index >= 15 is 0 Å². The summed E-state index contributed by atoms with van der Waals surface area (Å²) >= 11 is 0. The number of oxazole rings is 1. The first kappa shape index (κ1) is 8.57. The van der Waals surface area contributed by atoms with E-state index in [0.29, 0.717) is 6.39 Å². The number of carbonyl (C=O) groups is 1. The van der Waals surface area contributed by atoms with Gasteiger partial charge in [-0.2, -0.15) is 13.2 Å². The monoisotopic (exact) mass is 181 g/mol. The van der Waals surface area contributed by atoms with Crippen molar-refractivity contribution < 1.29 is 27.5 Å². The van der Waals surface area contributed by atoms with Crippen molar-refractivity contribution in [3.05, 3.63) is 17.8 Å². The molecular weight excluding hydrogens is 179 g/mol. The molecule has 0 aliphatic rings. The molecule has 12 heavy (non-hydrogen) atoms. The van der Waals surface area contributed by atoms with Gasteiger partial charge in [0.1, 0.15) is 0 Å². The molecule has 0 spiro atoms. The van der Waals surface area contributed by atoms with E-state index in [1.54, 1.807) is 0 Å². The number of carboxylic acids is 1. The molecule has 0 aliphatic heterocycles. The summed E-state index contributed by atoms with van der Waals surface area (Å²) in [4.78, 5) is 12.8. The largest absolute Gasteiger partial charge is 0.475 e. The first-order chi connectivity index (χ1) is 5.43. The van der Waals surface area contributed by atoms with Gasteiger partial charge in [-0.25, -0.2) is 9.78 Å². The highest BCUT2D eigenvalue weighted by Gasteiger charge is 2.39. The second-order valence-corrected chi connectivity index (χ2v) is 1.83. The number of hydrogen-bond acceptors (Lipinski definition) is 3. The van der Waals surface area contributed by atoms with E-state index in [-0.39, 0.29) is 0 Å². The molecule has 1 aromatic heterocycles. The number of rotatable bonds is 1. The highest BCUT2D eigenvalue weighted by atomic mass is 19.4. The molecule has 0 saturated carbocycles. The lowest BCUT2D eigenvalue weighted by Gasteiger charge is -2.00. The zero-order chi connectivity index (χ0) is 9.35. The fourth-order valence-electron chi connectivity index (χ4n) is 0.600. The standard InChI is InChI=1S/C5H2F3NO3/c6-5(7,8)3-2(4(10)11)12-1-9-3/h1H,(H,10,11). The van der Waals surface area contributed by atoms with E-state index in [1.807, 2.05) is 0 Å². The molecule has 1 rings (SSSR count). The molecule has 1 N–H and O–H groups in total. The van der Waals surface area contributed by atoms with Crippen LogP contribution in [0.5, 0.6) is 0 Å². The van der Waals surface area contributed by atoms with Crippen LogP contribution in [0.2, 0.25) is 0 Å². The van der Waals surface area contributed by atoms with Crippen LogP contribution in [0.1, 0.15) is 16.2 Å². The van der Waals surface area contributed by atoms with Gasteiger partial charge in [-0.05, 0) is 0 Å². The Balaban J connectivity index is 3.17. The van der Waals surface area contributed by atoms with E-state index in [0.717, 1.165) is 0 Å². The van der Waals surface area contributed by atoms with E-state index in [4.69, 9.17) is 5.11 Å². The number of aromatic carboxylic acids is 1. The molecule has 0 radical (unpaired) electrons. The Labute approximate surface area is 63.6 Å². The topological polar surface area (TPSA) is 63.3 Å². The smallest absolute Gasteiger partial charge is 0.437 e. The Morgan fingerprint density at radius 3 is 2.50 bits per heavy atom. The minimum Gasteiger partial charge on any atom is -0.475 e. The molecule has 0 aliphatic carbocycles. The average molecular weight is 181 g/mol. The minimum absolute atomic E-state index is 0.437. The number of hydrogen-bond donors (Lipinski definition) is 1. The van der Waals surface area contributed by atoms with Gasteiger partial charge in [0.05, 0.1) is 0 Å². The number of alkyl halides is 3. The second kappa shape index (κ2) is 2.50. The van der Waals surface area contributed by atoms with E-state index in [9.17, 15) is 18.0 Å². The molecule has 1 aromatic rings. The number of nitrogens with zero attached hydrogens (tertiary/aromatic N) is 1. The zero-order valence-corrected chi connectivity index (χ0v) is 5.42. The van der Waals surface area contributed by atoms with Gasteiger partial charge in [0.25, 0.3) is 0 Å². The minimum atomic E-state index is -4.79. The molecule has 4 nitrogen and oxygen atoms in total. The maximum atomic E-state index is 11.9. The molecule has 0 unspecified atom stereocenters. The van der Waals surface area contributed by atoms with Crippen LogP contribution in [-0.2, 0) is 6.18 Å². The molecule has 0 saturated heterocycles. The van der Waals surface area contributed by atoms with Crippen LogP contribution in [0.15, 0.2) is 10.8 Å². The lowest BCUT2D eigenvalue weighted by Crippen LogP contribution is -2.11. The highest BCUT2D eigenvalue weighted by Crippen LogP contribution is 2.30. The lowest BCUT2D eigenvalue weighted by atomic mass is 10.3. The number of halogens is 3. The van der Waals surface area contributed by atoms with Gasteiger partial charge in [-0.15, -0.1) is 0 Å². The van der Waals surface area contributed by atoms with Crippen LogP contribution >= 0.6 is 0 Å².